The lowest BCUT2D eigenvalue weighted by Crippen LogP contribution is -2.42. The average Bonchev–Trinajstić information content (AvgIpc) is 2.83. The van der Waals surface area contributed by atoms with Gasteiger partial charge in [-0.1, -0.05) is 48.0 Å². The van der Waals surface area contributed by atoms with Crippen LogP contribution in [0.25, 0.3) is 0 Å². The van der Waals surface area contributed by atoms with Crippen molar-refractivity contribution >= 4 is 29.3 Å². The summed E-state index contributed by atoms with van der Waals surface area (Å²) in [7, 11) is 0. The Morgan fingerprint density at radius 3 is 2.18 bits per heavy atom. The van der Waals surface area contributed by atoms with Crippen molar-refractivity contribution in [1.29, 1.82) is 0 Å². The summed E-state index contributed by atoms with van der Waals surface area (Å²) in [6.07, 6.45) is 0. The third kappa shape index (κ3) is 5.19. The van der Waals surface area contributed by atoms with Gasteiger partial charge in [0.05, 0.1) is 17.2 Å². The molecule has 196 valence electrons. The highest BCUT2D eigenvalue weighted by Crippen LogP contribution is 2.39. The summed E-state index contributed by atoms with van der Waals surface area (Å²) < 4.78 is 57.2. The van der Waals surface area contributed by atoms with E-state index in [0.717, 1.165) is 29.5 Å². The molecule has 3 aromatic rings. The number of rotatable bonds is 5. The Bertz CT molecular complexity index is 1470. The largest absolute Gasteiger partial charge is 0.346 e. The van der Waals surface area contributed by atoms with E-state index >= 15 is 0 Å². The summed E-state index contributed by atoms with van der Waals surface area (Å²) in [4.78, 5) is 31.7. The second-order valence-corrected chi connectivity index (χ2v) is 9.13. The van der Waals surface area contributed by atoms with Gasteiger partial charge in [-0.25, -0.2) is 17.6 Å². The number of hydrogen-bond acceptors (Lipinski definition) is 3. The second-order valence-electron chi connectivity index (χ2n) is 8.72. The monoisotopic (exact) mass is 543 g/mol. The summed E-state index contributed by atoms with van der Waals surface area (Å²) in [6.45, 7) is 4.31. The quantitative estimate of drug-likeness (QED) is 0.379. The Morgan fingerprint density at radius 2 is 1.61 bits per heavy atom. The summed E-state index contributed by atoms with van der Waals surface area (Å²) in [5.41, 5.74) is 0.182. The van der Waals surface area contributed by atoms with E-state index in [1.807, 2.05) is 30.3 Å². The van der Waals surface area contributed by atoms with Crippen LogP contribution in [-0.4, -0.2) is 22.5 Å². The highest BCUT2D eigenvalue weighted by atomic mass is 35.5. The molecule has 1 aliphatic rings. The molecule has 0 aliphatic carbocycles. The molecule has 0 fully saturated rings. The van der Waals surface area contributed by atoms with Crippen molar-refractivity contribution < 1.29 is 27.2 Å². The van der Waals surface area contributed by atoms with Gasteiger partial charge in [-0.05, 0) is 31.5 Å². The lowest BCUT2D eigenvalue weighted by atomic mass is 9.93. The zero-order valence-electron chi connectivity index (χ0n) is 20.5. The Morgan fingerprint density at radius 1 is 0.974 bits per heavy atom. The number of halogens is 5. The molecular weight excluding hydrogens is 522 g/mol. The highest BCUT2D eigenvalue weighted by Gasteiger charge is 2.38. The predicted octanol–water partition coefficient (Wildman–Crippen LogP) is 6.40. The van der Waals surface area contributed by atoms with Crippen LogP contribution in [-0.2, 0) is 9.59 Å². The SMILES string of the molecule is CC(=O)N1C(c2c(F)cc(F)cc2F)=N[C@@H](c2ccc(F)cc2Cl)C(C(=O)N[C@H](C)c2ccccc2)=C1C. The van der Waals surface area contributed by atoms with Crippen LogP contribution in [0.1, 0.15) is 49.5 Å². The zero-order chi connectivity index (χ0) is 27.7. The van der Waals surface area contributed by atoms with Gasteiger partial charge in [0, 0.05) is 35.3 Å². The minimum Gasteiger partial charge on any atom is -0.346 e. The van der Waals surface area contributed by atoms with Crippen LogP contribution >= 0.6 is 11.6 Å². The van der Waals surface area contributed by atoms with Gasteiger partial charge >= 0.3 is 0 Å². The third-order valence-electron chi connectivity index (χ3n) is 6.16. The van der Waals surface area contributed by atoms with E-state index in [1.165, 1.54) is 13.0 Å². The topological polar surface area (TPSA) is 61.8 Å². The molecule has 0 unspecified atom stereocenters. The van der Waals surface area contributed by atoms with Crippen LogP contribution in [0.15, 0.2) is 76.9 Å². The smallest absolute Gasteiger partial charge is 0.251 e. The first-order valence-corrected chi connectivity index (χ1v) is 11.9. The molecule has 0 spiro atoms. The van der Waals surface area contributed by atoms with E-state index in [1.54, 1.807) is 6.92 Å². The van der Waals surface area contributed by atoms with Gasteiger partial charge in [0.25, 0.3) is 5.91 Å². The highest BCUT2D eigenvalue weighted by molar-refractivity contribution is 6.31. The van der Waals surface area contributed by atoms with Crippen molar-refractivity contribution in [3.05, 3.63) is 117 Å². The maximum Gasteiger partial charge on any atom is 0.251 e. The Balaban J connectivity index is 1.91. The van der Waals surface area contributed by atoms with Gasteiger partial charge in [0.15, 0.2) is 0 Å². The fourth-order valence-electron chi connectivity index (χ4n) is 4.38. The van der Waals surface area contributed by atoms with E-state index in [2.05, 4.69) is 10.3 Å². The number of carbonyl (C=O) groups excluding carboxylic acids is 2. The summed E-state index contributed by atoms with van der Waals surface area (Å²) in [6, 6.07) is 11.7. The summed E-state index contributed by atoms with van der Waals surface area (Å²) >= 11 is 6.32. The van der Waals surface area contributed by atoms with E-state index in [9.17, 15) is 27.2 Å². The van der Waals surface area contributed by atoms with Crippen LogP contribution in [0.3, 0.4) is 0 Å². The molecule has 3 aromatic carbocycles. The van der Waals surface area contributed by atoms with Crippen molar-refractivity contribution in [2.75, 3.05) is 0 Å². The lowest BCUT2D eigenvalue weighted by molar-refractivity contribution is -0.123. The molecule has 0 saturated heterocycles. The number of benzene rings is 3. The van der Waals surface area contributed by atoms with Crippen LogP contribution < -0.4 is 5.32 Å². The average molecular weight is 544 g/mol. The number of aliphatic imine (C=N–C) groups is 1. The van der Waals surface area contributed by atoms with Crippen LogP contribution in [0.4, 0.5) is 17.6 Å². The molecular formula is C28H22ClF4N3O2. The predicted molar refractivity (Wildman–Crippen MR) is 135 cm³/mol. The molecule has 10 heteroatoms. The molecule has 4 rings (SSSR count). The number of amides is 2. The Kier molecular flexibility index (Phi) is 7.68. The van der Waals surface area contributed by atoms with Crippen molar-refractivity contribution in [3.8, 4) is 0 Å². The molecule has 1 heterocycles. The van der Waals surface area contributed by atoms with Gasteiger partial charge in [0.2, 0.25) is 5.91 Å². The maximum absolute atomic E-state index is 14.9. The molecule has 0 saturated carbocycles. The standard InChI is InChI=1S/C28H22ClF4N3O2/c1-14(17-7-5-4-6-8-17)34-28(38)24-15(2)36(16(3)37)27(25-22(32)12-19(31)13-23(25)33)35-26(24)20-10-9-18(30)11-21(20)29/h4-14,26H,1-3H3,(H,34,38)/t14-,26+/m1/s1. The molecule has 0 aromatic heterocycles. The molecule has 38 heavy (non-hydrogen) atoms. The lowest BCUT2D eigenvalue weighted by Gasteiger charge is -2.34. The normalized spacial score (nSPS) is 16.3. The maximum atomic E-state index is 14.9. The number of carbonyl (C=O) groups is 2. The second kappa shape index (κ2) is 10.8. The van der Waals surface area contributed by atoms with E-state index < -0.39 is 58.6 Å². The number of hydrogen-bond donors (Lipinski definition) is 1. The van der Waals surface area contributed by atoms with Crippen LogP contribution in [0.2, 0.25) is 5.02 Å². The van der Waals surface area contributed by atoms with Crippen molar-refractivity contribution in [2.24, 2.45) is 4.99 Å². The van der Waals surface area contributed by atoms with Gasteiger partial charge in [-0.3, -0.25) is 19.5 Å². The first kappa shape index (κ1) is 27.1. The number of nitrogens with zero attached hydrogens (tertiary/aromatic N) is 2. The third-order valence-corrected chi connectivity index (χ3v) is 6.48. The number of amidine groups is 1. The fourth-order valence-corrected chi connectivity index (χ4v) is 4.65. The van der Waals surface area contributed by atoms with Gasteiger partial charge in [-0.15, -0.1) is 0 Å². The molecule has 5 nitrogen and oxygen atoms in total. The molecule has 0 radical (unpaired) electrons. The van der Waals surface area contributed by atoms with E-state index in [0.29, 0.717) is 12.1 Å². The molecule has 1 N–H and O–H groups in total. The van der Waals surface area contributed by atoms with Gasteiger partial charge in [0.1, 0.15) is 35.1 Å². The summed E-state index contributed by atoms with van der Waals surface area (Å²) in [5.74, 6) is -6.21. The minimum absolute atomic E-state index is 0.0220. The van der Waals surface area contributed by atoms with E-state index in [4.69, 9.17) is 11.6 Å². The van der Waals surface area contributed by atoms with Crippen molar-refractivity contribution in [1.82, 2.24) is 10.2 Å². The molecule has 0 bridgehead atoms. The zero-order valence-corrected chi connectivity index (χ0v) is 21.3. The number of nitrogens with one attached hydrogen (secondary N) is 1. The van der Waals surface area contributed by atoms with Crippen molar-refractivity contribution in [3.63, 3.8) is 0 Å². The number of allylic oxidation sites excluding steroid dienone is 1. The Labute approximate surface area is 221 Å². The Hall–Kier alpha value is -3.98. The van der Waals surface area contributed by atoms with Crippen LogP contribution in [0.5, 0.6) is 0 Å². The van der Waals surface area contributed by atoms with Crippen LogP contribution in [0, 0.1) is 23.3 Å². The molecule has 1 aliphatic heterocycles. The molecule has 2 amide bonds. The van der Waals surface area contributed by atoms with Gasteiger partial charge in [-0.2, -0.15) is 0 Å². The fraction of sp³-hybridized carbons (Fsp3) is 0.179. The van der Waals surface area contributed by atoms with Gasteiger partial charge < -0.3 is 5.32 Å². The van der Waals surface area contributed by atoms with Crippen molar-refractivity contribution in [2.45, 2.75) is 32.9 Å². The first-order valence-electron chi connectivity index (χ1n) is 11.5. The first-order chi connectivity index (χ1) is 18.0. The molecule has 2 atom stereocenters. The minimum atomic E-state index is -1.30. The summed E-state index contributed by atoms with van der Waals surface area (Å²) in [5, 5.41) is 2.76. The van der Waals surface area contributed by atoms with E-state index in [-0.39, 0.29) is 21.9 Å².